The van der Waals surface area contributed by atoms with Crippen molar-refractivity contribution in [2.45, 2.75) is 4.90 Å². The maximum absolute atomic E-state index is 11.2. The third-order valence-electron chi connectivity index (χ3n) is 3.86. The minimum absolute atomic E-state index is 0.0701. The van der Waals surface area contributed by atoms with E-state index in [9.17, 15) is 8.42 Å². The Balaban J connectivity index is 1.58. The molecule has 0 radical (unpaired) electrons. The van der Waals surface area contributed by atoms with Crippen LogP contribution in [0.25, 0.3) is 0 Å². The van der Waals surface area contributed by atoms with Gasteiger partial charge in [0.25, 0.3) is 0 Å². The molecule has 2 aromatic carbocycles. The van der Waals surface area contributed by atoms with E-state index in [0.29, 0.717) is 5.69 Å². The Hall–Kier alpha value is -2.42. The highest BCUT2D eigenvalue weighted by atomic mass is 32.2. The van der Waals surface area contributed by atoms with Crippen LogP contribution in [0.4, 0.5) is 11.4 Å². The molecule has 2 aromatic rings. The third-order valence-corrected chi connectivity index (χ3v) is 4.79. The first-order chi connectivity index (χ1) is 12.0. The van der Waals surface area contributed by atoms with E-state index in [4.69, 9.17) is 9.88 Å². The van der Waals surface area contributed by atoms with Crippen molar-refractivity contribution < 1.29 is 13.2 Å². The molecule has 1 heterocycles. The Morgan fingerprint density at radius 2 is 1.68 bits per heavy atom. The van der Waals surface area contributed by atoms with Gasteiger partial charge in [-0.15, -0.1) is 0 Å². The fourth-order valence-corrected chi connectivity index (χ4v) is 3.01. The van der Waals surface area contributed by atoms with Crippen molar-refractivity contribution in [1.82, 2.24) is 0 Å². The number of ether oxygens (including phenoxy) is 1. The Morgan fingerprint density at radius 1 is 1.04 bits per heavy atom. The number of primary sulfonamides is 1. The summed E-state index contributed by atoms with van der Waals surface area (Å²) in [6, 6.07) is 14.2. The molecule has 0 aromatic heterocycles. The molecule has 1 fully saturated rings. The predicted molar refractivity (Wildman–Crippen MR) is 98.5 cm³/mol. The van der Waals surface area contributed by atoms with Gasteiger partial charge in [-0.3, -0.25) is 5.43 Å². The molecule has 8 heteroatoms. The maximum atomic E-state index is 11.2. The van der Waals surface area contributed by atoms with Crippen LogP contribution < -0.4 is 15.5 Å². The number of hydrazone groups is 1. The van der Waals surface area contributed by atoms with E-state index in [1.165, 1.54) is 17.8 Å². The first kappa shape index (κ1) is 17.4. The van der Waals surface area contributed by atoms with Gasteiger partial charge >= 0.3 is 0 Å². The van der Waals surface area contributed by atoms with Crippen LogP contribution in [0.1, 0.15) is 5.56 Å². The molecule has 0 saturated carbocycles. The number of nitrogens with zero attached hydrogens (tertiary/aromatic N) is 2. The lowest BCUT2D eigenvalue weighted by Gasteiger charge is -2.28. The predicted octanol–water partition coefficient (Wildman–Crippen LogP) is 1.62. The van der Waals surface area contributed by atoms with E-state index in [0.717, 1.165) is 31.9 Å². The minimum Gasteiger partial charge on any atom is -0.378 e. The first-order valence-corrected chi connectivity index (χ1v) is 9.42. The van der Waals surface area contributed by atoms with Gasteiger partial charge in [0.15, 0.2) is 0 Å². The highest BCUT2D eigenvalue weighted by Gasteiger charge is 2.10. The molecule has 0 unspecified atom stereocenters. The number of hydrogen-bond acceptors (Lipinski definition) is 6. The summed E-state index contributed by atoms with van der Waals surface area (Å²) < 4.78 is 27.8. The summed E-state index contributed by atoms with van der Waals surface area (Å²) in [4.78, 5) is 2.36. The van der Waals surface area contributed by atoms with Crippen molar-refractivity contribution in [1.29, 1.82) is 0 Å². The fraction of sp³-hybridized carbons (Fsp3) is 0.235. The highest BCUT2D eigenvalue weighted by Crippen LogP contribution is 2.16. The van der Waals surface area contributed by atoms with Crippen molar-refractivity contribution in [3.63, 3.8) is 0 Å². The Bertz CT molecular complexity index is 827. The molecule has 132 valence electrons. The Labute approximate surface area is 147 Å². The summed E-state index contributed by atoms with van der Waals surface area (Å²) >= 11 is 0. The number of nitrogens with two attached hydrogens (primary N) is 1. The van der Waals surface area contributed by atoms with Gasteiger partial charge in [-0.25, -0.2) is 13.6 Å². The lowest BCUT2D eigenvalue weighted by molar-refractivity contribution is 0.122. The minimum atomic E-state index is -3.67. The van der Waals surface area contributed by atoms with Crippen LogP contribution in [0.5, 0.6) is 0 Å². The topological polar surface area (TPSA) is 97.0 Å². The van der Waals surface area contributed by atoms with Gasteiger partial charge in [0, 0.05) is 18.8 Å². The number of hydrogen-bond donors (Lipinski definition) is 2. The Kier molecular flexibility index (Phi) is 5.32. The molecular formula is C17H20N4O3S. The number of nitrogens with one attached hydrogen (secondary N) is 1. The smallest absolute Gasteiger partial charge is 0.238 e. The highest BCUT2D eigenvalue weighted by molar-refractivity contribution is 7.89. The monoisotopic (exact) mass is 360 g/mol. The molecule has 0 aliphatic carbocycles. The Morgan fingerprint density at radius 3 is 2.28 bits per heavy atom. The quantitative estimate of drug-likeness (QED) is 0.624. The standard InChI is InChI=1S/C17H20N4O3S/c18-25(22,23)17-7-3-15(4-8-17)20-19-13-14-1-5-16(6-2-14)21-9-11-24-12-10-21/h1-8,13,20H,9-12H2,(H2,18,22,23)/b19-13+. The van der Waals surface area contributed by atoms with Crippen molar-refractivity contribution in [2.75, 3.05) is 36.6 Å². The number of benzene rings is 2. The lowest BCUT2D eigenvalue weighted by Crippen LogP contribution is -2.36. The maximum Gasteiger partial charge on any atom is 0.238 e. The van der Waals surface area contributed by atoms with Gasteiger partial charge in [-0.05, 0) is 42.0 Å². The number of sulfonamides is 1. The van der Waals surface area contributed by atoms with Crippen LogP contribution in [0, 0.1) is 0 Å². The van der Waals surface area contributed by atoms with Gasteiger partial charge in [0.2, 0.25) is 10.0 Å². The van der Waals surface area contributed by atoms with E-state index in [2.05, 4.69) is 27.6 Å². The summed E-state index contributed by atoms with van der Waals surface area (Å²) in [6.45, 7) is 3.34. The largest absolute Gasteiger partial charge is 0.378 e. The zero-order valence-corrected chi connectivity index (χ0v) is 14.4. The van der Waals surface area contributed by atoms with Crippen LogP contribution >= 0.6 is 0 Å². The molecule has 25 heavy (non-hydrogen) atoms. The van der Waals surface area contributed by atoms with Crippen molar-refractivity contribution in [2.24, 2.45) is 10.2 Å². The molecular weight excluding hydrogens is 340 g/mol. The van der Waals surface area contributed by atoms with Gasteiger partial charge in [-0.2, -0.15) is 5.10 Å². The van der Waals surface area contributed by atoms with Crippen molar-refractivity contribution in [3.05, 3.63) is 54.1 Å². The molecule has 0 atom stereocenters. The van der Waals surface area contributed by atoms with Gasteiger partial charge < -0.3 is 9.64 Å². The summed E-state index contributed by atoms with van der Waals surface area (Å²) in [6.07, 6.45) is 1.71. The molecule has 1 aliphatic rings. The first-order valence-electron chi connectivity index (χ1n) is 7.87. The lowest BCUT2D eigenvalue weighted by atomic mass is 10.2. The van der Waals surface area contributed by atoms with Crippen LogP contribution in [0.15, 0.2) is 58.5 Å². The average Bonchev–Trinajstić information content (AvgIpc) is 2.63. The molecule has 1 saturated heterocycles. The van der Waals surface area contributed by atoms with Gasteiger partial charge in [0.05, 0.1) is 30.0 Å². The molecule has 0 spiro atoms. The number of morpholine rings is 1. The molecule has 3 rings (SSSR count). The second-order valence-electron chi connectivity index (χ2n) is 5.63. The number of rotatable bonds is 5. The zero-order chi connectivity index (χ0) is 17.7. The molecule has 1 aliphatic heterocycles. The second kappa shape index (κ2) is 7.64. The molecule has 0 amide bonds. The third kappa shape index (κ3) is 4.79. The molecule has 7 nitrogen and oxygen atoms in total. The van der Waals surface area contributed by atoms with Crippen LogP contribution in [0.3, 0.4) is 0 Å². The number of anilines is 2. The zero-order valence-electron chi connectivity index (χ0n) is 13.6. The van der Waals surface area contributed by atoms with Gasteiger partial charge in [-0.1, -0.05) is 12.1 Å². The fourth-order valence-electron chi connectivity index (χ4n) is 2.49. The van der Waals surface area contributed by atoms with E-state index >= 15 is 0 Å². The van der Waals surface area contributed by atoms with Crippen molar-refractivity contribution >= 4 is 27.6 Å². The van der Waals surface area contributed by atoms with Crippen LogP contribution in [0.2, 0.25) is 0 Å². The van der Waals surface area contributed by atoms with Crippen LogP contribution in [-0.2, 0) is 14.8 Å². The molecule has 3 N–H and O–H groups in total. The molecule has 0 bridgehead atoms. The van der Waals surface area contributed by atoms with E-state index < -0.39 is 10.0 Å². The summed E-state index contributed by atoms with van der Waals surface area (Å²) in [5, 5.41) is 9.22. The van der Waals surface area contributed by atoms with E-state index in [1.807, 2.05) is 12.1 Å². The second-order valence-corrected chi connectivity index (χ2v) is 7.19. The summed E-state index contributed by atoms with van der Waals surface area (Å²) in [7, 11) is -3.67. The van der Waals surface area contributed by atoms with Gasteiger partial charge in [0.1, 0.15) is 0 Å². The average molecular weight is 360 g/mol. The van der Waals surface area contributed by atoms with E-state index in [1.54, 1.807) is 18.3 Å². The van der Waals surface area contributed by atoms with Crippen LogP contribution in [-0.4, -0.2) is 40.9 Å². The van der Waals surface area contributed by atoms with Crippen molar-refractivity contribution in [3.8, 4) is 0 Å². The summed E-state index contributed by atoms with van der Waals surface area (Å²) in [5.74, 6) is 0. The summed E-state index contributed by atoms with van der Waals surface area (Å²) in [5.41, 5.74) is 5.67. The SMILES string of the molecule is NS(=O)(=O)c1ccc(N/N=C/c2ccc(N3CCOCC3)cc2)cc1. The normalized spacial score (nSPS) is 15.5. The van der Waals surface area contributed by atoms with E-state index in [-0.39, 0.29) is 4.90 Å².